The van der Waals surface area contributed by atoms with Crippen molar-refractivity contribution in [1.82, 2.24) is 20.0 Å². The zero-order chi connectivity index (χ0) is 32.0. The molecule has 1 N–H and O–H groups in total. The van der Waals surface area contributed by atoms with Crippen LogP contribution in [0.25, 0.3) is 5.57 Å². The molecule has 0 saturated carbocycles. The Labute approximate surface area is 266 Å². The third-order valence-corrected chi connectivity index (χ3v) is 9.87. The fourth-order valence-corrected chi connectivity index (χ4v) is 7.27. The van der Waals surface area contributed by atoms with E-state index in [1.54, 1.807) is 0 Å². The fraction of sp³-hybridized carbons (Fsp3) is 0.471. The number of nitrogens with zero attached hydrogens (tertiary/aromatic N) is 3. The zero-order valence-electron chi connectivity index (χ0n) is 25.5. The van der Waals surface area contributed by atoms with Crippen LogP contribution < -0.4 is 5.32 Å². The first-order chi connectivity index (χ1) is 21.4. The Balaban J connectivity index is 1.17. The van der Waals surface area contributed by atoms with Gasteiger partial charge in [0.2, 0.25) is 11.8 Å². The second-order valence-corrected chi connectivity index (χ2v) is 13.8. The maximum atomic E-state index is 15.3. The minimum absolute atomic E-state index is 0.0401. The molecule has 0 radical (unpaired) electrons. The predicted octanol–water partition coefficient (Wildman–Crippen LogP) is 5.00. The molecule has 8 nitrogen and oxygen atoms in total. The Morgan fingerprint density at radius 3 is 2.56 bits per heavy atom. The molecule has 2 aromatic rings. The van der Waals surface area contributed by atoms with Gasteiger partial charge in [-0.1, -0.05) is 43.2 Å². The first-order valence-electron chi connectivity index (χ1n) is 15.5. The van der Waals surface area contributed by atoms with Crippen molar-refractivity contribution in [2.45, 2.75) is 64.6 Å². The van der Waals surface area contributed by atoms with Crippen LogP contribution in [0.4, 0.5) is 8.78 Å². The summed E-state index contributed by atoms with van der Waals surface area (Å²) in [5.74, 6) is -3.01. The second kappa shape index (κ2) is 12.3. The Kier molecular flexibility index (Phi) is 8.56. The molecule has 0 spiro atoms. The lowest BCUT2D eigenvalue weighted by atomic mass is 9.72. The van der Waals surface area contributed by atoms with Gasteiger partial charge >= 0.3 is 0 Å². The second-order valence-electron chi connectivity index (χ2n) is 13.4. The van der Waals surface area contributed by atoms with Crippen LogP contribution in [0.3, 0.4) is 0 Å². The van der Waals surface area contributed by atoms with E-state index in [0.29, 0.717) is 30.2 Å². The van der Waals surface area contributed by atoms with Gasteiger partial charge < -0.3 is 9.80 Å². The summed E-state index contributed by atoms with van der Waals surface area (Å²) in [5.41, 5.74) is 4.09. The third-order valence-electron chi connectivity index (χ3n) is 9.62. The number of nitrogens with one attached hydrogen (secondary N) is 1. The first-order valence-corrected chi connectivity index (χ1v) is 15.8. The summed E-state index contributed by atoms with van der Waals surface area (Å²) >= 11 is 6.15. The molecule has 2 saturated heterocycles. The number of imide groups is 1. The van der Waals surface area contributed by atoms with Crippen LogP contribution in [0.5, 0.6) is 0 Å². The molecule has 2 fully saturated rings. The van der Waals surface area contributed by atoms with Crippen LogP contribution in [-0.2, 0) is 16.1 Å². The Bertz CT molecular complexity index is 1590. The van der Waals surface area contributed by atoms with Crippen LogP contribution in [-0.4, -0.2) is 83.3 Å². The van der Waals surface area contributed by atoms with Crippen molar-refractivity contribution >= 4 is 40.8 Å². The molecule has 4 amide bonds. The summed E-state index contributed by atoms with van der Waals surface area (Å²) in [5, 5.41) is 2.91. The number of piperidine rings is 1. The van der Waals surface area contributed by atoms with Gasteiger partial charge in [-0.3, -0.25) is 29.4 Å². The van der Waals surface area contributed by atoms with E-state index < -0.39 is 48.2 Å². The van der Waals surface area contributed by atoms with E-state index >= 15 is 4.39 Å². The lowest BCUT2D eigenvalue weighted by Gasteiger charge is -2.42. The molecule has 45 heavy (non-hydrogen) atoms. The van der Waals surface area contributed by atoms with Gasteiger partial charge in [-0.2, -0.15) is 0 Å². The number of alkyl halides is 1. The van der Waals surface area contributed by atoms with Gasteiger partial charge in [0.1, 0.15) is 18.5 Å². The number of halogens is 3. The van der Waals surface area contributed by atoms with E-state index in [2.05, 4.69) is 24.1 Å². The Hall–Kier alpha value is -3.63. The van der Waals surface area contributed by atoms with Crippen LogP contribution >= 0.6 is 11.6 Å². The number of hydrogen-bond donors (Lipinski definition) is 1. The molecule has 0 aromatic heterocycles. The molecule has 3 aliphatic heterocycles. The molecular weight excluding hydrogens is 602 g/mol. The highest BCUT2D eigenvalue weighted by atomic mass is 35.5. The number of rotatable bonds is 6. The number of piperazine rings is 1. The van der Waals surface area contributed by atoms with Crippen LogP contribution in [0, 0.1) is 11.2 Å². The van der Waals surface area contributed by atoms with Crippen molar-refractivity contribution in [1.29, 1.82) is 0 Å². The summed E-state index contributed by atoms with van der Waals surface area (Å²) in [6.45, 7) is 5.59. The standard InChI is InChI=1S/C34H37ClF2N4O4/c1-34(2)10-9-21(26(15-34)20-3-5-24(35)6-4-20)17-39-11-12-40(25(16-36)19-39)32(44)22-13-23-18-41(33(45)30(23)27(37)14-22)28-7-8-29(42)38-31(28)43/h3-6,13-14,25,28H,7-12,15-19H2,1-2H3,(H,38,42,43). The molecule has 3 heterocycles. The fourth-order valence-electron chi connectivity index (χ4n) is 7.14. The average Bonchev–Trinajstić information content (AvgIpc) is 3.34. The van der Waals surface area contributed by atoms with E-state index in [9.17, 15) is 23.6 Å². The molecule has 2 aromatic carbocycles. The lowest BCUT2D eigenvalue weighted by Crippen LogP contribution is -2.56. The summed E-state index contributed by atoms with van der Waals surface area (Å²) in [4.78, 5) is 55.5. The van der Waals surface area contributed by atoms with E-state index in [1.165, 1.54) is 27.0 Å². The van der Waals surface area contributed by atoms with Gasteiger partial charge in [-0.05, 0) is 72.1 Å². The monoisotopic (exact) mass is 638 g/mol. The number of carbonyl (C=O) groups is 4. The van der Waals surface area contributed by atoms with Crippen LogP contribution in [0.2, 0.25) is 5.02 Å². The van der Waals surface area contributed by atoms with E-state index in [-0.39, 0.29) is 42.5 Å². The highest BCUT2D eigenvalue weighted by Crippen LogP contribution is 2.43. The molecule has 2 atom stereocenters. The van der Waals surface area contributed by atoms with E-state index in [4.69, 9.17) is 11.6 Å². The number of fused-ring (bicyclic) bond motifs is 1. The number of amides is 4. The normalized spacial score (nSPS) is 23.8. The lowest BCUT2D eigenvalue weighted by molar-refractivity contribution is -0.136. The molecular formula is C34H37ClF2N4O4. The Morgan fingerprint density at radius 1 is 1.09 bits per heavy atom. The predicted molar refractivity (Wildman–Crippen MR) is 166 cm³/mol. The molecule has 0 bridgehead atoms. The van der Waals surface area contributed by atoms with Crippen LogP contribution in [0.15, 0.2) is 42.0 Å². The topological polar surface area (TPSA) is 90.0 Å². The van der Waals surface area contributed by atoms with Crippen molar-refractivity contribution in [3.63, 3.8) is 0 Å². The maximum Gasteiger partial charge on any atom is 0.258 e. The number of allylic oxidation sites excluding steroid dienone is 1. The minimum Gasteiger partial charge on any atom is -0.330 e. The highest BCUT2D eigenvalue weighted by Gasteiger charge is 2.41. The molecule has 4 aliphatic rings. The Morgan fingerprint density at radius 2 is 1.84 bits per heavy atom. The molecule has 11 heteroatoms. The summed E-state index contributed by atoms with van der Waals surface area (Å²) in [7, 11) is 0. The molecule has 6 rings (SSSR count). The van der Waals surface area contributed by atoms with Crippen molar-refractivity contribution in [2.24, 2.45) is 5.41 Å². The third kappa shape index (κ3) is 6.27. The number of benzene rings is 2. The van der Waals surface area contributed by atoms with E-state index in [0.717, 1.165) is 30.9 Å². The summed E-state index contributed by atoms with van der Waals surface area (Å²) in [6.07, 6.45) is 3.15. The van der Waals surface area contributed by atoms with Crippen molar-refractivity contribution < 1.29 is 28.0 Å². The van der Waals surface area contributed by atoms with Crippen molar-refractivity contribution in [3.8, 4) is 0 Å². The van der Waals surface area contributed by atoms with Gasteiger partial charge in [0.05, 0.1) is 11.6 Å². The van der Waals surface area contributed by atoms with Crippen LogP contribution in [0.1, 0.15) is 77.8 Å². The van der Waals surface area contributed by atoms with Gasteiger partial charge in [0, 0.05) is 49.7 Å². The van der Waals surface area contributed by atoms with Crippen molar-refractivity contribution in [2.75, 3.05) is 32.9 Å². The smallest absolute Gasteiger partial charge is 0.258 e. The number of hydrogen-bond acceptors (Lipinski definition) is 5. The van der Waals surface area contributed by atoms with Gasteiger partial charge in [0.15, 0.2) is 0 Å². The zero-order valence-corrected chi connectivity index (χ0v) is 26.3. The SMILES string of the molecule is CC1(C)CCC(CN2CCN(C(=O)c3cc(F)c4c(c3)CN(C3CCC(=O)NC3=O)C4=O)C(CF)C2)=C(c2ccc(Cl)cc2)C1. The molecule has 2 unspecified atom stereocenters. The number of carbonyl (C=O) groups excluding carboxylic acids is 4. The average molecular weight is 639 g/mol. The quantitative estimate of drug-likeness (QED) is 0.450. The maximum absolute atomic E-state index is 15.3. The van der Waals surface area contributed by atoms with Gasteiger partial charge in [-0.15, -0.1) is 0 Å². The minimum atomic E-state index is -0.893. The molecule has 238 valence electrons. The van der Waals surface area contributed by atoms with Crippen molar-refractivity contribution in [3.05, 3.63) is 75.1 Å². The first kappa shape index (κ1) is 31.4. The van der Waals surface area contributed by atoms with E-state index in [1.807, 2.05) is 24.3 Å². The van der Waals surface area contributed by atoms with Gasteiger partial charge in [-0.25, -0.2) is 8.78 Å². The molecule has 1 aliphatic carbocycles. The van der Waals surface area contributed by atoms with Gasteiger partial charge in [0.25, 0.3) is 11.8 Å². The largest absolute Gasteiger partial charge is 0.330 e. The summed E-state index contributed by atoms with van der Waals surface area (Å²) < 4.78 is 29.8. The summed E-state index contributed by atoms with van der Waals surface area (Å²) in [6, 6.07) is 8.80. The highest BCUT2D eigenvalue weighted by molar-refractivity contribution is 6.30.